The molecule has 0 aliphatic heterocycles. The molecule has 1 N–H and O–H groups in total. The quantitative estimate of drug-likeness (QED) is 0.889. The summed E-state index contributed by atoms with van der Waals surface area (Å²) in [6.07, 6.45) is 2.06. The summed E-state index contributed by atoms with van der Waals surface area (Å²) < 4.78 is 1.05. The zero-order valence-electron chi connectivity index (χ0n) is 8.19. The van der Waals surface area contributed by atoms with E-state index in [1.165, 1.54) is 10.9 Å². The molecule has 0 aliphatic rings. The Hall–Kier alpha value is -1.00. The highest BCUT2D eigenvalue weighted by Crippen LogP contribution is 2.29. The van der Waals surface area contributed by atoms with Crippen LogP contribution in [0.1, 0.15) is 15.9 Å². The van der Waals surface area contributed by atoms with Crippen LogP contribution in [0.15, 0.2) is 23.6 Å². The molecule has 0 saturated carbocycles. The molecule has 0 spiro atoms. The van der Waals surface area contributed by atoms with Crippen LogP contribution < -0.4 is 0 Å². The average molecular weight is 238 g/mol. The second-order valence-corrected chi connectivity index (χ2v) is 4.99. The summed E-state index contributed by atoms with van der Waals surface area (Å²) >= 11 is 3.38. The third-order valence-corrected chi connectivity index (χ3v) is 3.80. The molecule has 0 amide bonds. The zero-order chi connectivity index (χ0) is 10.8. The Bertz CT molecular complexity index is 502. The third-order valence-electron chi connectivity index (χ3n) is 2.20. The number of benzene rings is 1. The number of rotatable bonds is 3. The first kappa shape index (κ1) is 10.5. The van der Waals surface area contributed by atoms with E-state index in [1.807, 2.05) is 6.07 Å². The number of carbonyl (C=O) groups is 1. The average Bonchev–Trinajstić information content (AvgIpc) is 2.61. The van der Waals surface area contributed by atoms with E-state index in [2.05, 4.69) is 11.6 Å². The topological polar surface area (TPSA) is 37.3 Å². The van der Waals surface area contributed by atoms with Gasteiger partial charge in [0.05, 0.1) is 5.56 Å². The van der Waals surface area contributed by atoms with Gasteiger partial charge in [-0.25, -0.2) is 4.79 Å². The van der Waals surface area contributed by atoms with Gasteiger partial charge < -0.3 is 5.11 Å². The van der Waals surface area contributed by atoms with E-state index in [-0.39, 0.29) is 0 Å². The van der Waals surface area contributed by atoms with Crippen molar-refractivity contribution in [3.05, 3.63) is 34.7 Å². The first-order valence-electron chi connectivity index (χ1n) is 4.44. The van der Waals surface area contributed by atoms with E-state index in [1.54, 1.807) is 35.2 Å². The minimum atomic E-state index is -0.864. The van der Waals surface area contributed by atoms with Crippen molar-refractivity contribution in [2.45, 2.75) is 5.75 Å². The highest BCUT2D eigenvalue weighted by Gasteiger charge is 2.07. The lowest BCUT2D eigenvalue weighted by Crippen LogP contribution is -1.94. The van der Waals surface area contributed by atoms with Crippen LogP contribution in [0.3, 0.4) is 0 Å². The molecule has 0 radical (unpaired) electrons. The highest BCUT2D eigenvalue weighted by molar-refractivity contribution is 7.97. The van der Waals surface area contributed by atoms with Crippen LogP contribution in [-0.4, -0.2) is 17.3 Å². The number of carboxylic acids is 1. The number of thiophene rings is 1. The van der Waals surface area contributed by atoms with Crippen LogP contribution >= 0.6 is 23.1 Å². The molecule has 78 valence electrons. The van der Waals surface area contributed by atoms with Crippen molar-refractivity contribution in [1.29, 1.82) is 0 Å². The van der Waals surface area contributed by atoms with Crippen LogP contribution in [-0.2, 0) is 5.75 Å². The van der Waals surface area contributed by atoms with Crippen molar-refractivity contribution in [3.8, 4) is 0 Å². The fourth-order valence-corrected chi connectivity index (χ4v) is 3.14. The molecule has 2 nitrogen and oxygen atoms in total. The molecule has 1 aromatic heterocycles. The molecule has 1 heterocycles. The van der Waals surface area contributed by atoms with Crippen LogP contribution in [0, 0.1) is 0 Å². The van der Waals surface area contributed by atoms with Gasteiger partial charge in [-0.3, -0.25) is 0 Å². The molecule has 0 atom stereocenters. The normalized spacial score (nSPS) is 10.7. The van der Waals surface area contributed by atoms with Crippen molar-refractivity contribution in [2.24, 2.45) is 0 Å². The Labute approximate surface area is 95.9 Å². The van der Waals surface area contributed by atoms with Gasteiger partial charge in [-0.2, -0.15) is 11.8 Å². The van der Waals surface area contributed by atoms with Gasteiger partial charge >= 0.3 is 5.97 Å². The van der Waals surface area contributed by atoms with Gasteiger partial charge in [0.25, 0.3) is 0 Å². The Kier molecular flexibility index (Phi) is 2.98. The minimum absolute atomic E-state index is 0.361. The molecule has 0 aliphatic carbocycles. The maximum atomic E-state index is 10.8. The largest absolute Gasteiger partial charge is 0.478 e. The van der Waals surface area contributed by atoms with Crippen molar-refractivity contribution in [3.63, 3.8) is 0 Å². The molecule has 0 unspecified atom stereocenters. The molecule has 0 bridgehead atoms. The Morgan fingerprint density at radius 1 is 1.53 bits per heavy atom. The van der Waals surface area contributed by atoms with Crippen LogP contribution in [0.2, 0.25) is 0 Å². The van der Waals surface area contributed by atoms with E-state index < -0.39 is 5.97 Å². The summed E-state index contributed by atoms with van der Waals surface area (Å²) in [6.45, 7) is 0. The standard InChI is InChI=1S/C11H10O2S2/c1-14-5-8-6-15-10-4-7(11(12)13)2-3-9(8)10/h2-4,6H,5H2,1H3,(H,12,13). The van der Waals surface area contributed by atoms with Gasteiger partial charge in [0, 0.05) is 10.5 Å². The molecule has 15 heavy (non-hydrogen) atoms. The first-order chi connectivity index (χ1) is 7.22. The monoisotopic (exact) mass is 238 g/mol. The maximum absolute atomic E-state index is 10.8. The lowest BCUT2D eigenvalue weighted by molar-refractivity contribution is 0.0697. The maximum Gasteiger partial charge on any atom is 0.335 e. The SMILES string of the molecule is CSCc1csc2cc(C(=O)O)ccc12. The van der Waals surface area contributed by atoms with Crippen LogP contribution in [0.5, 0.6) is 0 Å². The van der Waals surface area contributed by atoms with Crippen molar-refractivity contribution >= 4 is 39.2 Å². The number of fused-ring (bicyclic) bond motifs is 1. The highest BCUT2D eigenvalue weighted by atomic mass is 32.2. The van der Waals surface area contributed by atoms with Gasteiger partial charge in [0.15, 0.2) is 0 Å². The fourth-order valence-electron chi connectivity index (χ4n) is 1.48. The Morgan fingerprint density at radius 2 is 2.33 bits per heavy atom. The minimum Gasteiger partial charge on any atom is -0.478 e. The van der Waals surface area contributed by atoms with Gasteiger partial charge in [0.2, 0.25) is 0 Å². The van der Waals surface area contributed by atoms with Crippen LogP contribution in [0.4, 0.5) is 0 Å². The van der Waals surface area contributed by atoms with Crippen LogP contribution in [0.25, 0.3) is 10.1 Å². The number of hydrogen-bond donors (Lipinski definition) is 1. The second kappa shape index (κ2) is 4.24. The lowest BCUT2D eigenvalue weighted by atomic mass is 10.1. The van der Waals surface area contributed by atoms with E-state index >= 15 is 0 Å². The lowest BCUT2D eigenvalue weighted by Gasteiger charge is -1.97. The predicted octanol–water partition coefficient (Wildman–Crippen LogP) is 3.46. The van der Waals surface area contributed by atoms with Crippen molar-refractivity contribution in [1.82, 2.24) is 0 Å². The second-order valence-electron chi connectivity index (χ2n) is 3.21. The van der Waals surface area contributed by atoms with Crippen molar-refractivity contribution in [2.75, 3.05) is 6.26 Å². The third kappa shape index (κ3) is 2.01. The molecule has 0 saturated heterocycles. The summed E-state index contributed by atoms with van der Waals surface area (Å²) in [4.78, 5) is 10.8. The first-order valence-corrected chi connectivity index (χ1v) is 6.72. The smallest absolute Gasteiger partial charge is 0.335 e. The summed E-state index contributed by atoms with van der Waals surface area (Å²) in [7, 11) is 0. The summed E-state index contributed by atoms with van der Waals surface area (Å²) in [5.41, 5.74) is 1.65. The summed E-state index contributed by atoms with van der Waals surface area (Å²) in [6, 6.07) is 5.31. The molecular formula is C11H10O2S2. The van der Waals surface area contributed by atoms with Gasteiger partial charge in [-0.05, 0) is 34.7 Å². The Morgan fingerprint density at radius 3 is 3.00 bits per heavy atom. The predicted molar refractivity (Wildman–Crippen MR) is 66.0 cm³/mol. The molecule has 0 fully saturated rings. The fraction of sp³-hybridized carbons (Fsp3) is 0.182. The van der Waals surface area contributed by atoms with Crippen molar-refractivity contribution < 1.29 is 9.90 Å². The molecule has 2 rings (SSSR count). The summed E-state index contributed by atoms with van der Waals surface area (Å²) in [5, 5.41) is 12.1. The molecule has 1 aromatic carbocycles. The van der Waals surface area contributed by atoms with Gasteiger partial charge in [0.1, 0.15) is 0 Å². The van der Waals surface area contributed by atoms with E-state index in [9.17, 15) is 4.79 Å². The van der Waals surface area contributed by atoms with E-state index in [0.717, 1.165) is 10.5 Å². The molecule has 2 aromatic rings. The molecule has 4 heteroatoms. The van der Waals surface area contributed by atoms with E-state index in [4.69, 9.17) is 5.11 Å². The number of carboxylic acid groups (broad SMARTS) is 1. The Balaban J connectivity index is 2.51. The number of thioether (sulfide) groups is 1. The van der Waals surface area contributed by atoms with Gasteiger partial charge in [-0.1, -0.05) is 6.07 Å². The number of hydrogen-bond acceptors (Lipinski definition) is 3. The summed E-state index contributed by atoms with van der Waals surface area (Å²) in [5.74, 6) is 0.114. The molecular weight excluding hydrogens is 228 g/mol. The van der Waals surface area contributed by atoms with E-state index in [0.29, 0.717) is 5.56 Å². The zero-order valence-corrected chi connectivity index (χ0v) is 9.82. The number of aromatic carboxylic acids is 1. The van der Waals surface area contributed by atoms with Gasteiger partial charge in [-0.15, -0.1) is 11.3 Å².